The lowest BCUT2D eigenvalue weighted by Crippen LogP contribution is -2.31. The lowest BCUT2D eigenvalue weighted by atomic mass is 10.3. The molecule has 15 heavy (non-hydrogen) atoms. The molecule has 82 valence electrons. The summed E-state index contributed by atoms with van der Waals surface area (Å²) in [6, 6.07) is 0. The number of aliphatic carboxylic acids is 1. The first kappa shape index (κ1) is 11.2. The van der Waals surface area contributed by atoms with Crippen molar-refractivity contribution in [1.29, 1.82) is 0 Å². The minimum atomic E-state index is -0.888. The van der Waals surface area contributed by atoms with Gasteiger partial charge in [0.25, 0.3) is 5.56 Å². The van der Waals surface area contributed by atoms with E-state index in [1.165, 1.54) is 12.4 Å². The average molecular weight is 211 g/mol. The van der Waals surface area contributed by atoms with E-state index in [4.69, 9.17) is 5.11 Å². The maximum absolute atomic E-state index is 11.4. The van der Waals surface area contributed by atoms with Gasteiger partial charge in [-0.2, -0.15) is 0 Å². The van der Waals surface area contributed by atoms with E-state index in [0.717, 1.165) is 0 Å². The zero-order valence-electron chi connectivity index (χ0n) is 8.43. The van der Waals surface area contributed by atoms with Crippen LogP contribution in [-0.2, 0) is 4.79 Å². The molecule has 6 nitrogen and oxygen atoms in total. The van der Waals surface area contributed by atoms with Gasteiger partial charge in [-0.15, -0.1) is 0 Å². The molecule has 0 radical (unpaired) electrons. The van der Waals surface area contributed by atoms with Gasteiger partial charge < -0.3 is 15.0 Å². The van der Waals surface area contributed by atoms with E-state index in [-0.39, 0.29) is 24.3 Å². The fourth-order valence-electron chi connectivity index (χ4n) is 1.21. The fraction of sp³-hybridized carbons (Fsp3) is 0.444. The maximum atomic E-state index is 11.4. The summed E-state index contributed by atoms with van der Waals surface area (Å²) in [6.07, 6.45) is 2.90. The molecule has 0 saturated heterocycles. The largest absolute Gasteiger partial charge is 0.481 e. The van der Waals surface area contributed by atoms with E-state index in [0.29, 0.717) is 6.54 Å². The number of rotatable bonds is 5. The third kappa shape index (κ3) is 3.08. The van der Waals surface area contributed by atoms with E-state index < -0.39 is 5.97 Å². The number of carboxylic acids is 1. The molecule has 0 aliphatic heterocycles. The van der Waals surface area contributed by atoms with Crippen molar-refractivity contribution < 1.29 is 9.90 Å². The maximum Gasteiger partial charge on any atom is 0.305 e. The molecule has 1 aromatic rings. The Balaban J connectivity index is 2.79. The average Bonchev–Trinajstić information content (AvgIpc) is 2.21. The molecule has 1 rings (SSSR count). The lowest BCUT2D eigenvalue weighted by molar-refractivity contribution is -0.136. The summed E-state index contributed by atoms with van der Waals surface area (Å²) in [5, 5.41) is 8.54. The highest BCUT2D eigenvalue weighted by atomic mass is 16.4. The zero-order valence-corrected chi connectivity index (χ0v) is 8.43. The predicted molar refractivity (Wildman–Crippen MR) is 55.0 cm³/mol. The van der Waals surface area contributed by atoms with Crippen molar-refractivity contribution in [2.45, 2.75) is 13.3 Å². The monoisotopic (exact) mass is 211 g/mol. The van der Waals surface area contributed by atoms with Crippen LogP contribution in [0.2, 0.25) is 0 Å². The first-order chi connectivity index (χ1) is 7.15. The summed E-state index contributed by atoms with van der Waals surface area (Å²) < 4.78 is 0. The van der Waals surface area contributed by atoms with Gasteiger partial charge >= 0.3 is 5.97 Å². The number of nitrogens with one attached hydrogen (secondary N) is 1. The molecule has 0 unspecified atom stereocenters. The molecule has 0 aliphatic rings. The zero-order chi connectivity index (χ0) is 11.3. The number of anilines is 1. The van der Waals surface area contributed by atoms with Gasteiger partial charge in [-0.3, -0.25) is 9.59 Å². The van der Waals surface area contributed by atoms with Gasteiger partial charge in [0.1, 0.15) is 0 Å². The molecule has 0 amide bonds. The van der Waals surface area contributed by atoms with Gasteiger partial charge in [0.05, 0.1) is 6.42 Å². The molecule has 0 saturated carbocycles. The molecular weight excluding hydrogens is 198 g/mol. The van der Waals surface area contributed by atoms with Crippen molar-refractivity contribution in [3.8, 4) is 0 Å². The van der Waals surface area contributed by atoms with Crippen LogP contribution in [0, 0.1) is 0 Å². The van der Waals surface area contributed by atoms with Gasteiger partial charge in [0, 0.05) is 25.5 Å². The van der Waals surface area contributed by atoms with Gasteiger partial charge in [0.15, 0.2) is 5.82 Å². The van der Waals surface area contributed by atoms with E-state index in [1.54, 1.807) is 4.90 Å². The standard InChI is InChI=1S/C9H13N3O3/c1-2-12(6-3-7(13)14)8-9(15)11-5-4-10-8/h4-5H,2-3,6H2,1H3,(H,11,15)(H,13,14). The molecular formula is C9H13N3O3. The predicted octanol–water partition coefficient (Wildman–Crippen LogP) is 0.0709. The Bertz CT molecular complexity index is 388. The summed E-state index contributed by atoms with van der Waals surface area (Å²) in [5.41, 5.74) is -0.301. The topological polar surface area (TPSA) is 86.3 Å². The van der Waals surface area contributed by atoms with E-state index in [2.05, 4.69) is 9.97 Å². The highest BCUT2D eigenvalue weighted by Gasteiger charge is 2.10. The summed E-state index contributed by atoms with van der Waals surface area (Å²) in [6.45, 7) is 2.68. The number of aromatic amines is 1. The van der Waals surface area contributed by atoms with Crippen LogP contribution in [0.4, 0.5) is 5.82 Å². The summed E-state index contributed by atoms with van der Waals surface area (Å²) in [4.78, 5) is 29.8. The molecule has 2 N–H and O–H groups in total. The molecule has 0 atom stereocenters. The Morgan fingerprint density at radius 3 is 2.93 bits per heavy atom. The smallest absolute Gasteiger partial charge is 0.305 e. The minimum Gasteiger partial charge on any atom is -0.481 e. The molecule has 0 aliphatic carbocycles. The first-order valence-electron chi connectivity index (χ1n) is 4.65. The van der Waals surface area contributed by atoms with Gasteiger partial charge in [-0.25, -0.2) is 4.98 Å². The Hall–Kier alpha value is -1.85. The van der Waals surface area contributed by atoms with Crippen LogP contribution in [0.3, 0.4) is 0 Å². The number of nitrogens with zero attached hydrogens (tertiary/aromatic N) is 2. The van der Waals surface area contributed by atoms with Crippen LogP contribution >= 0.6 is 0 Å². The Morgan fingerprint density at radius 2 is 2.40 bits per heavy atom. The fourth-order valence-corrected chi connectivity index (χ4v) is 1.21. The second-order valence-corrected chi connectivity index (χ2v) is 2.97. The molecule has 1 aromatic heterocycles. The number of hydrogen-bond acceptors (Lipinski definition) is 4. The Labute approximate surface area is 86.6 Å². The van der Waals surface area contributed by atoms with Crippen LogP contribution in [0.15, 0.2) is 17.2 Å². The van der Waals surface area contributed by atoms with Crippen LogP contribution in [0.1, 0.15) is 13.3 Å². The summed E-state index contributed by atoms with van der Waals surface area (Å²) in [5.74, 6) is -0.623. The lowest BCUT2D eigenvalue weighted by Gasteiger charge is -2.19. The van der Waals surface area contributed by atoms with Crippen molar-refractivity contribution in [2.75, 3.05) is 18.0 Å². The van der Waals surface area contributed by atoms with Crippen molar-refractivity contribution >= 4 is 11.8 Å². The SMILES string of the molecule is CCN(CCC(=O)O)c1ncc[nH]c1=O. The highest BCUT2D eigenvalue weighted by molar-refractivity contribution is 5.67. The number of hydrogen-bond donors (Lipinski definition) is 2. The van der Waals surface area contributed by atoms with Crippen molar-refractivity contribution in [1.82, 2.24) is 9.97 Å². The third-order valence-corrected chi connectivity index (χ3v) is 1.97. The van der Waals surface area contributed by atoms with Crippen molar-refractivity contribution in [2.24, 2.45) is 0 Å². The summed E-state index contributed by atoms with van der Waals surface area (Å²) in [7, 11) is 0. The number of carboxylic acid groups (broad SMARTS) is 1. The van der Waals surface area contributed by atoms with Crippen LogP contribution in [-0.4, -0.2) is 34.1 Å². The number of aromatic nitrogens is 2. The molecule has 0 aromatic carbocycles. The second kappa shape index (κ2) is 5.14. The summed E-state index contributed by atoms with van der Waals surface area (Å²) >= 11 is 0. The normalized spacial score (nSPS) is 9.93. The van der Waals surface area contributed by atoms with E-state index in [1.807, 2.05) is 6.92 Å². The number of H-pyrrole nitrogens is 1. The van der Waals surface area contributed by atoms with Crippen LogP contribution in [0.5, 0.6) is 0 Å². The highest BCUT2D eigenvalue weighted by Crippen LogP contribution is 2.02. The minimum absolute atomic E-state index is 0.0101. The van der Waals surface area contributed by atoms with Gasteiger partial charge in [-0.05, 0) is 6.92 Å². The van der Waals surface area contributed by atoms with Crippen molar-refractivity contribution in [3.63, 3.8) is 0 Å². The first-order valence-corrected chi connectivity index (χ1v) is 4.65. The molecule has 0 bridgehead atoms. The van der Waals surface area contributed by atoms with Crippen LogP contribution < -0.4 is 10.5 Å². The van der Waals surface area contributed by atoms with Gasteiger partial charge in [-0.1, -0.05) is 0 Å². The Morgan fingerprint density at radius 1 is 1.67 bits per heavy atom. The van der Waals surface area contributed by atoms with Crippen LogP contribution in [0.25, 0.3) is 0 Å². The quantitative estimate of drug-likeness (QED) is 0.719. The van der Waals surface area contributed by atoms with E-state index in [9.17, 15) is 9.59 Å². The van der Waals surface area contributed by atoms with E-state index >= 15 is 0 Å². The van der Waals surface area contributed by atoms with Gasteiger partial charge in [0.2, 0.25) is 0 Å². The molecule has 6 heteroatoms. The Kier molecular flexibility index (Phi) is 3.84. The van der Waals surface area contributed by atoms with Crippen molar-refractivity contribution in [3.05, 3.63) is 22.7 Å². The molecule has 1 heterocycles. The third-order valence-electron chi connectivity index (χ3n) is 1.97. The number of carbonyl (C=O) groups is 1. The molecule has 0 fully saturated rings. The second-order valence-electron chi connectivity index (χ2n) is 2.97. The molecule has 0 spiro atoms.